The lowest BCUT2D eigenvalue weighted by molar-refractivity contribution is 0.0584. The molecule has 0 saturated carbocycles. The summed E-state index contributed by atoms with van der Waals surface area (Å²) in [5, 5.41) is 11.5. The number of amides is 1. The summed E-state index contributed by atoms with van der Waals surface area (Å²) in [5.41, 5.74) is 2.24. The van der Waals surface area contributed by atoms with E-state index in [1.165, 1.54) is 6.21 Å². The number of ether oxygens (including phenoxy) is 1. The Kier molecular flexibility index (Phi) is 3.46. The Balaban J connectivity index is 2.20. The molecule has 1 amide bonds. The van der Waals surface area contributed by atoms with Crippen molar-refractivity contribution in [3.8, 4) is 0 Å². The van der Waals surface area contributed by atoms with Gasteiger partial charge in [0.1, 0.15) is 5.60 Å². The summed E-state index contributed by atoms with van der Waals surface area (Å²) in [5.74, 6) is 0. The van der Waals surface area contributed by atoms with E-state index in [4.69, 9.17) is 9.94 Å². The molecule has 0 bridgehead atoms. The minimum atomic E-state index is -0.497. The Morgan fingerprint density at radius 2 is 2.21 bits per heavy atom. The Morgan fingerprint density at radius 1 is 1.47 bits per heavy atom. The molecule has 0 aliphatic carbocycles. The molecule has 5 nitrogen and oxygen atoms in total. The first-order valence-corrected chi connectivity index (χ1v) is 6.21. The monoisotopic (exact) mass is 262 g/mol. The van der Waals surface area contributed by atoms with Crippen molar-refractivity contribution in [2.24, 2.45) is 5.16 Å². The molecule has 19 heavy (non-hydrogen) atoms. The second kappa shape index (κ2) is 4.91. The van der Waals surface area contributed by atoms with Crippen LogP contribution in [0, 0.1) is 0 Å². The summed E-state index contributed by atoms with van der Waals surface area (Å²) in [4.78, 5) is 13.7. The van der Waals surface area contributed by atoms with Crippen LogP contribution in [0.15, 0.2) is 23.4 Å². The van der Waals surface area contributed by atoms with Crippen LogP contribution in [0.3, 0.4) is 0 Å². The SMILES string of the molecule is CC(C)(C)OC(=O)N1CCc2cc(/C=N/O)ccc21. The van der Waals surface area contributed by atoms with Crippen molar-refractivity contribution in [3.05, 3.63) is 29.3 Å². The quantitative estimate of drug-likeness (QED) is 0.481. The van der Waals surface area contributed by atoms with Crippen molar-refractivity contribution in [3.63, 3.8) is 0 Å². The zero-order valence-electron chi connectivity index (χ0n) is 11.4. The number of carbonyl (C=O) groups excluding carboxylic acids is 1. The average Bonchev–Trinajstić information content (AvgIpc) is 2.70. The first-order valence-electron chi connectivity index (χ1n) is 6.21. The van der Waals surface area contributed by atoms with Gasteiger partial charge in [0.05, 0.1) is 11.9 Å². The molecule has 1 heterocycles. The molecule has 0 radical (unpaired) electrons. The van der Waals surface area contributed by atoms with E-state index in [1.54, 1.807) is 11.0 Å². The topological polar surface area (TPSA) is 62.1 Å². The van der Waals surface area contributed by atoms with Gasteiger partial charge in [-0.2, -0.15) is 0 Å². The first-order chi connectivity index (χ1) is 8.90. The fourth-order valence-corrected chi connectivity index (χ4v) is 2.08. The Labute approximate surface area is 112 Å². The highest BCUT2D eigenvalue weighted by Gasteiger charge is 2.28. The zero-order chi connectivity index (χ0) is 14.0. The van der Waals surface area contributed by atoms with Crippen LogP contribution >= 0.6 is 0 Å². The van der Waals surface area contributed by atoms with E-state index in [0.29, 0.717) is 6.54 Å². The number of nitrogens with zero attached hydrogens (tertiary/aromatic N) is 2. The Bertz CT molecular complexity index is 518. The number of fused-ring (bicyclic) bond motifs is 1. The van der Waals surface area contributed by atoms with Crippen LogP contribution in [0.5, 0.6) is 0 Å². The van der Waals surface area contributed by atoms with E-state index in [1.807, 2.05) is 32.9 Å². The normalized spacial score (nSPS) is 14.8. The molecule has 0 aromatic heterocycles. The average molecular weight is 262 g/mol. The fourth-order valence-electron chi connectivity index (χ4n) is 2.08. The Hall–Kier alpha value is -2.04. The lowest BCUT2D eigenvalue weighted by atomic mass is 10.1. The number of oxime groups is 1. The standard InChI is InChI=1S/C14H18N2O3/c1-14(2,3)19-13(17)16-7-6-11-8-10(9-15-18)4-5-12(11)16/h4-5,8-9,18H,6-7H2,1-3H3/b15-9+. The molecular formula is C14H18N2O3. The van der Waals surface area contributed by atoms with Crippen molar-refractivity contribution < 1.29 is 14.7 Å². The number of hydrogen-bond acceptors (Lipinski definition) is 4. The molecule has 0 atom stereocenters. The summed E-state index contributed by atoms with van der Waals surface area (Å²) in [6.07, 6.45) is 1.83. The highest BCUT2D eigenvalue weighted by Crippen LogP contribution is 2.29. The molecule has 0 saturated heterocycles. The Morgan fingerprint density at radius 3 is 2.84 bits per heavy atom. The van der Waals surface area contributed by atoms with Gasteiger partial charge in [0.25, 0.3) is 0 Å². The maximum Gasteiger partial charge on any atom is 0.414 e. The molecule has 5 heteroatoms. The van der Waals surface area contributed by atoms with Gasteiger partial charge >= 0.3 is 6.09 Å². The summed E-state index contributed by atoms with van der Waals surface area (Å²) in [6, 6.07) is 5.57. The van der Waals surface area contributed by atoms with Gasteiger partial charge in [0.2, 0.25) is 0 Å². The molecule has 1 aliphatic rings. The van der Waals surface area contributed by atoms with Gasteiger partial charge in [-0.1, -0.05) is 11.2 Å². The summed E-state index contributed by atoms with van der Waals surface area (Å²) in [7, 11) is 0. The van der Waals surface area contributed by atoms with Gasteiger partial charge in [-0.3, -0.25) is 4.90 Å². The van der Waals surface area contributed by atoms with Crippen LogP contribution < -0.4 is 4.90 Å². The molecule has 1 aromatic rings. The van der Waals surface area contributed by atoms with Crippen molar-refractivity contribution in [1.29, 1.82) is 0 Å². The van der Waals surface area contributed by atoms with Crippen molar-refractivity contribution in [2.75, 3.05) is 11.4 Å². The van der Waals surface area contributed by atoms with Crippen molar-refractivity contribution in [2.45, 2.75) is 32.8 Å². The molecule has 1 aromatic carbocycles. The predicted molar refractivity (Wildman–Crippen MR) is 73.1 cm³/mol. The van der Waals surface area contributed by atoms with Crippen molar-refractivity contribution >= 4 is 18.0 Å². The number of benzene rings is 1. The molecule has 1 N–H and O–H groups in total. The number of hydrogen-bond donors (Lipinski definition) is 1. The van der Waals surface area contributed by atoms with E-state index in [2.05, 4.69) is 5.16 Å². The van der Waals surface area contributed by atoms with Gasteiger partial charge in [0.15, 0.2) is 0 Å². The maximum atomic E-state index is 12.1. The molecule has 0 fully saturated rings. The van der Waals surface area contributed by atoms with Gasteiger partial charge in [-0.15, -0.1) is 0 Å². The van der Waals surface area contributed by atoms with Crippen LogP contribution in [0.2, 0.25) is 0 Å². The third-order valence-electron chi connectivity index (χ3n) is 2.82. The molecule has 1 aliphatic heterocycles. The molecule has 102 valence electrons. The van der Waals surface area contributed by atoms with Crippen LogP contribution in [0.4, 0.5) is 10.5 Å². The highest BCUT2D eigenvalue weighted by molar-refractivity contribution is 5.91. The van der Waals surface area contributed by atoms with E-state index < -0.39 is 5.60 Å². The second-order valence-corrected chi connectivity index (χ2v) is 5.51. The lowest BCUT2D eigenvalue weighted by Crippen LogP contribution is -2.35. The molecule has 0 spiro atoms. The summed E-state index contributed by atoms with van der Waals surface area (Å²) < 4.78 is 5.38. The van der Waals surface area contributed by atoms with Crippen LogP contribution in [0.1, 0.15) is 31.9 Å². The third kappa shape index (κ3) is 3.05. The van der Waals surface area contributed by atoms with E-state index in [-0.39, 0.29) is 6.09 Å². The van der Waals surface area contributed by atoms with Gasteiger partial charge in [0, 0.05) is 6.54 Å². The number of anilines is 1. The van der Waals surface area contributed by atoms with Gasteiger partial charge < -0.3 is 9.94 Å². The van der Waals surface area contributed by atoms with Crippen LogP contribution in [0.25, 0.3) is 0 Å². The fraction of sp³-hybridized carbons (Fsp3) is 0.429. The largest absolute Gasteiger partial charge is 0.443 e. The van der Waals surface area contributed by atoms with Crippen LogP contribution in [-0.2, 0) is 11.2 Å². The minimum absolute atomic E-state index is 0.324. The number of rotatable bonds is 1. The first kappa shape index (κ1) is 13.4. The second-order valence-electron chi connectivity index (χ2n) is 5.51. The zero-order valence-corrected chi connectivity index (χ0v) is 11.4. The summed E-state index contributed by atoms with van der Waals surface area (Å²) in [6.45, 7) is 6.16. The smallest absolute Gasteiger partial charge is 0.414 e. The van der Waals surface area contributed by atoms with Crippen LogP contribution in [-0.4, -0.2) is 29.7 Å². The molecule has 2 rings (SSSR count). The van der Waals surface area contributed by atoms with Gasteiger partial charge in [-0.05, 0) is 50.5 Å². The number of carbonyl (C=O) groups is 1. The molecular weight excluding hydrogens is 244 g/mol. The van der Waals surface area contributed by atoms with E-state index >= 15 is 0 Å². The van der Waals surface area contributed by atoms with E-state index in [0.717, 1.165) is 23.2 Å². The maximum absolute atomic E-state index is 12.1. The third-order valence-corrected chi connectivity index (χ3v) is 2.82. The minimum Gasteiger partial charge on any atom is -0.443 e. The van der Waals surface area contributed by atoms with Gasteiger partial charge in [-0.25, -0.2) is 4.79 Å². The molecule has 0 unspecified atom stereocenters. The lowest BCUT2D eigenvalue weighted by Gasteiger charge is -2.24. The highest BCUT2D eigenvalue weighted by atomic mass is 16.6. The van der Waals surface area contributed by atoms with E-state index in [9.17, 15) is 4.79 Å². The summed E-state index contributed by atoms with van der Waals surface area (Å²) >= 11 is 0. The van der Waals surface area contributed by atoms with Crippen molar-refractivity contribution in [1.82, 2.24) is 0 Å². The predicted octanol–water partition coefficient (Wildman–Crippen LogP) is 2.79.